The van der Waals surface area contributed by atoms with Gasteiger partial charge in [-0.15, -0.1) is 0 Å². The molecular weight excluding hydrogens is 494 g/mol. The molecule has 0 radical (unpaired) electrons. The minimum absolute atomic E-state index is 0.0101. The number of hydrogen-bond donors (Lipinski definition) is 2. The van der Waals surface area contributed by atoms with Crippen molar-refractivity contribution in [3.05, 3.63) is 84.4 Å². The second kappa shape index (κ2) is 13.3. The van der Waals surface area contributed by atoms with Crippen molar-refractivity contribution in [1.29, 1.82) is 0 Å². The molecule has 3 aromatic rings. The van der Waals surface area contributed by atoms with Gasteiger partial charge in [0.05, 0.1) is 7.11 Å². The van der Waals surface area contributed by atoms with Crippen molar-refractivity contribution in [3.8, 4) is 5.75 Å². The second-order valence-electron chi connectivity index (χ2n) is 9.32. The van der Waals surface area contributed by atoms with Crippen LogP contribution in [0.3, 0.4) is 0 Å². The molecule has 204 valence electrons. The maximum absolute atomic E-state index is 12.8. The van der Waals surface area contributed by atoms with Crippen molar-refractivity contribution in [2.24, 2.45) is 0 Å². The first-order chi connectivity index (χ1) is 19.0. The molecule has 39 heavy (non-hydrogen) atoms. The summed E-state index contributed by atoms with van der Waals surface area (Å²) in [5, 5.41) is 5.83. The summed E-state index contributed by atoms with van der Waals surface area (Å²) < 4.78 is 5.15. The first-order valence-corrected chi connectivity index (χ1v) is 13.2. The molecule has 1 heterocycles. The maximum atomic E-state index is 12.8. The van der Waals surface area contributed by atoms with Gasteiger partial charge in [0, 0.05) is 55.3 Å². The molecule has 1 aliphatic rings. The Kier molecular flexibility index (Phi) is 9.39. The lowest BCUT2D eigenvalue weighted by Gasteiger charge is -2.36. The zero-order valence-electron chi connectivity index (χ0n) is 22.4. The van der Waals surface area contributed by atoms with Crippen LogP contribution in [0.4, 0.5) is 21.9 Å². The fourth-order valence-corrected chi connectivity index (χ4v) is 4.46. The molecule has 0 atom stereocenters. The van der Waals surface area contributed by atoms with Crippen molar-refractivity contribution in [3.63, 3.8) is 0 Å². The largest absolute Gasteiger partial charge is 0.497 e. The van der Waals surface area contributed by atoms with Crippen LogP contribution in [0.5, 0.6) is 5.75 Å². The number of urea groups is 1. The maximum Gasteiger partial charge on any atom is 0.321 e. The van der Waals surface area contributed by atoms with Crippen LogP contribution < -0.4 is 20.3 Å². The van der Waals surface area contributed by atoms with Gasteiger partial charge in [0.15, 0.2) is 0 Å². The van der Waals surface area contributed by atoms with Gasteiger partial charge in [0.1, 0.15) is 12.3 Å². The van der Waals surface area contributed by atoms with E-state index in [1.54, 1.807) is 29.0 Å². The van der Waals surface area contributed by atoms with Gasteiger partial charge in [-0.1, -0.05) is 25.1 Å². The number of benzene rings is 3. The fraction of sp³-hybridized carbons (Fsp3) is 0.300. The molecular formula is C30H35N5O4. The number of nitrogens with zero attached hydrogens (tertiary/aromatic N) is 3. The molecule has 1 aliphatic heterocycles. The van der Waals surface area contributed by atoms with Gasteiger partial charge in [-0.2, -0.15) is 0 Å². The number of carbonyl (C=O) groups excluding carboxylic acids is 3. The molecule has 3 aromatic carbocycles. The molecule has 2 N–H and O–H groups in total. The van der Waals surface area contributed by atoms with E-state index in [-0.39, 0.29) is 24.4 Å². The third-order valence-corrected chi connectivity index (χ3v) is 6.56. The number of rotatable bonds is 9. The Morgan fingerprint density at radius 2 is 1.44 bits per heavy atom. The lowest BCUT2D eigenvalue weighted by atomic mass is 10.2. The average molecular weight is 530 g/mol. The van der Waals surface area contributed by atoms with Gasteiger partial charge in [0.2, 0.25) is 5.91 Å². The Morgan fingerprint density at radius 3 is 2.05 bits per heavy atom. The van der Waals surface area contributed by atoms with E-state index in [9.17, 15) is 14.4 Å². The van der Waals surface area contributed by atoms with Crippen molar-refractivity contribution in [2.75, 3.05) is 61.9 Å². The summed E-state index contributed by atoms with van der Waals surface area (Å²) >= 11 is 0. The van der Waals surface area contributed by atoms with Gasteiger partial charge in [-0.05, 0) is 67.1 Å². The number of nitrogens with one attached hydrogen (secondary N) is 2. The highest BCUT2D eigenvalue weighted by atomic mass is 16.5. The molecule has 0 aliphatic carbocycles. The van der Waals surface area contributed by atoms with Crippen LogP contribution in [-0.2, 0) is 4.79 Å². The van der Waals surface area contributed by atoms with Crippen LogP contribution in [0, 0.1) is 0 Å². The number of carbonyl (C=O) groups is 3. The van der Waals surface area contributed by atoms with E-state index in [0.29, 0.717) is 44.0 Å². The Bertz CT molecular complexity index is 1240. The summed E-state index contributed by atoms with van der Waals surface area (Å²) in [7, 11) is 1.61. The van der Waals surface area contributed by atoms with Crippen LogP contribution in [0.15, 0.2) is 78.9 Å². The molecule has 1 fully saturated rings. The third kappa shape index (κ3) is 7.50. The summed E-state index contributed by atoms with van der Waals surface area (Å²) in [5.74, 6) is 0.348. The Morgan fingerprint density at radius 1 is 0.821 bits per heavy atom. The Hall–Kier alpha value is -4.53. The van der Waals surface area contributed by atoms with Gasteiger partial charge < -0.3 is 30.1 Å². The summed E-state index contributed by atoms with van der Waals surface area (Å²) in [4.78, 5) is 43.8. The van der Waals surface area contributed by atoms with Gasteiger partial charge in [-0.25, -0.2) is 4.79 Å². The van der Waals surface area contributed by atoms with E-state index in [4.69, 9.17) is 4.74 Å². The second-order valence-corrected chi connectivity index (χ2v) is 9.32. The van der Waals surface area contributed by atoms with Crippen molar-refractivity contribution in [1.82, 2.24) is 9.80 Å². The lowest BCUT2D eigenvalue weighted by Crippen LogP contribution is -2.50. The first-order valence-electron chi connectivity index (χ1n) is 13.2. The normalized spacial score (nSPS) is 13.0. The van der Waals surface area contributed by atoms with E-state index in [2.05, 4.69) is 15.5 Å². The number of methoxy groups -OCH3 is 1. The Balaban J connectivity index is 1.26. The lowest BCUT2D eigenvalue weighted by molar-refractivity contribution is -0.116. The van der Waals surface area contributed by atoms with E-state index >= 15 is 0 Å². The quantitative estimate of drug-likeness (QED) is 0.425. The van der Waals surface area contributed by atoms with E-state index in [0.717, 1.165) is 23.5 Å². The molecule has 4 rings (SSSR count). The predicted octanol–water partition coefficient (Wildman–Crippen LogP) is 4.54. The summed E-state index contributed by atoms with van der Waals surface area (Å²) in [6.07, 6.45) is 0.761. The average Bonchev–Trinajstić information content (AvgIpc) is 2.98. The first kappa shape index (κ1) is 27.5. The Labute approximate surface area is 229 Å². The molecule has 9 heteroatoms. The number of anilines is 3. The SMILES string of the molecule is CCCN(CC(=O)Nc1ccc(N2CCN(C(=O)Nc3ccc(OC)cc3)CC2)cc1)C(=O)c1ccccc1. The smallest absolute Gasteiger partial charge is 0.321 e. The fourth-order valence-electron chi connectivity index (χ4n) is 4.46. The minimum atomic E-state index is -0.239. The summed E-state index contributed by atoms with van der Waals surface area (Å²) in [6, 6.07) is 23.8. The van der Waals surface area contributed by atoms with Gasteiger partial charge >= 0.3 is 6.03 Å². The molecule has 0 saturated carbocycles. The summed E-state index contributed by atoms with van der Waals surface area (Å²) in [5.41, 5.74) is 2.99. The highest BCUT2D eigenvalue weighted by Crippen LogP contribution is 2.21. The zero-order valence-corrected chi connectivity index (χ0v) is 22.4. The van der Waals surface area contributed by atoms with E-state index < -0.39 is 0 Å². The van der Waals surface area contributed by atoms with Gasteiger partial charge in [-0.3, -0.25) is 9.59 Å². The molecule has 9 nitrogen and oxygen atoms in total. The number of ether oxygens (including phenoxy) is 1. The van der Waals surface area contributed by atoms with E-state index in [1.807, 2.05) is 73.7 Å². The highest BCUT2D eigenvalue weighted by molar-refractivity contribution is 5.99. The predicted molar refractivity (Wildman–Crippen MR) is 154 cm³/mol. The van der Waals surface area contributed by atoms with Crippen molar-refractivity contribution < 1.29 is 19.1 Å². The molecule has 1 saturated heterocycles. The topological polar surface area (TPSA) is 94.2 Å². The monoisotopic (exact) mass is 529 g/mol. The summed E-state index contributed by atoms with van der Waals surface area (Å²) in [6.45, 7) is 5.08. The third-order valence-electron chi connectivity index (χ3n) is 6.56. The molecule has 0 aromatic heterocycles. The number of amides is 4. The highest BCUT2D eigenvalue weighted by Gasteiger charge is 2.22. The van der Waals surface area contributed by atoms with Crippen molar-refractivity contribution >= 4 is 34.9 Å². The molecule has 0 bridgehead atoms. The molecule has 0 unspecified atom stereocenters. The van der Waals surface area contributed by atoms with Crippen LogP contribution in [0.1, 0.15) is 23.7 Å². The zero-order chi connectivity index (χ0) is 27.6. The minimum Gasteiger partial charge on any atom is -0.497 e. The van der Waals surface area contributed by atoms with Crippen molar-refractivity contribution in [2.45, 2.75) is 13.3 Å². The molecule has 0 spiro atoms. The van der Waals surface area contributed by atoms with Crippen LogP contribution in [0.2, 0.25) is 0 Å². The van der Waals surface area contributed by atoms with E-state index in [1.165, 1.54) is 0 Å². The van der Waals surface area contributed by atoms with Crippen LogP contribution in [-0.4, -0.2) is 74.0 Å². The molecule has 4 amide bonds. The van der Waals surface area contributed by atoms with Crippen LogP contribution >= 0.6 is 0 Å². The van der Waals surface area contributed by atoms with Gasteiger partial charge in [0.25, 0.3) is 5.91 Å². The standard InChI is InChI=1S/C30H35N5O4/c1-3-17-35(29(37)23-7-5-4-6-8-23)22-28(36)31-24-9-13-26(14-10-24)33-18-20-34(21-19-33)30(38)32-25-11-15-27(39-2)16-12-25/h4-16H,3,17-22H2,1-2H3,(H,31,36)(H,32,38). The number of hydrogen-bond acceptors (Lipinski definition) is 5. The number of piperazine rings is 1. The van der Waals surface area contributed by atoms with Crippen LogP contribution in [0.25, 0.3) is 0 Å².